The zero-order valence-electron chi connectivity index (χ0n) is 9.80. The third-order valence-corrected chi connectivity index (χ3v) is 2.92. The average molecular weight is 304 g/mol. The van der Waals surface area contributed by atoms with Gasteiger partial charge in [0.15, 0.2) is 6.61 Å². The topological polar surface area (TPSA) is 38.3 Å². The van der Waals surface area contributed by atoms with Gasteiger partial charge < -0.3 is 10.1 Å². The Labute approximate surface area is 108 Å². The molecule has 1 aromatic carbocycles. The number of halogens is 2. The van der Waals surface area contributed by atoms with Crippen LogP contribution in [0.1, 0.15) is 20.3 Å². The van der Waals surface area contributed by atoms with Crippen LogP contribution < -0.4 is 10.1 Å². The van der Waals surface area contributed by atoms with Crippen molar-refractivity contribution < 1.29 is 13.9 Å². The van der Waals surface area contributed by atoms with E-state index < -0.39 is 5.82 Å². The van der Waals surface area contributed by atoms with E-state index >= 15 is 0 Å². The van der Waals surface area contributed by atoms with Gasteiger partial charge in [0.2, 0.25) is 0 Å². The fraction of sp³-hybridized carbons (Fsp3) is 0.417. The second kappa shape index (κ2) is 6.59. The number of hydrogen-bond acceptors (Lipinski definition) is 2. The molecule has 1 N–H and O–H groups in total. The highest BCUT2D eigenvalue weighted by Crippen LogP contribution is 2.20. The maximum atomic E-state index is 13.1. The second-order valence-corrected chi connectivity index (χ2v) is 4.60. The van der Waals surface area contributed by atoms with Crippen molar-refractivity contribution in [2.75, 3.05) is 6.61 Å². The first kappa shape index (κ1) is 14.0. The van der Waals surface area contributed by atoms with Crippen molar-refractivity contribution >= 4 is 21.8 Å². The number of rotatable bonds is 5. The van der Waals surface area contributed by atoms with E-state index in [4.69, 9.17) is 4.74 Å². The number of ether oxygens (including phenoxy) is 1. The van der Waals surface area contributed by atoms with Crippen LogP contribution in [0.25, 0.3) is 0 Å². The van der Waals surface area contributed by atoms with Crippen molar-refractivity contribution in [1.82, 2.24) is 5.32 Å². The Bertz CT molecular complexity index is 398. The van der Waals surface area contributed by atoms with Gasteiger partial charge in [-0.25, -0.2) is 4.39 Å². The van der Waals surface area contributed by atoms with E-state index in [9.17, 15) is 9.18 Å². The van der Waals surface area contributed by atoms with Crippen LogP contribution in [0, 0.1) is 5.82 Å². The number of benzene rings is 1. The van der Waals surface area contributed by atoms with Crippen molar-refractivity contribution in [3.05, 3.63) is 28.5 Å². The zero-order valence-corrected chi connectivity index (χ0v) is 11.4. The van der Waals surface area contributed by atoms with E-state index in [2.05, 4.69) is 21.2 Å². The van der Waals surface area contributed by atoms with Gasteiger partial charge in [0, 0.05) is 12.1 Å². The summed E-state index contributed by atoms with van der Waals surface area (Å²) in [5.41, 5.74) is 0. The fourth-order valence-corrected chi connectivity index (χ4v) is 1.38. The SMILES string of the molecule is CCC(C)NC(=O)COc1ccc(Br)c(F)c1. The Balaban J connectivity index is 2.45. The number of nitrogens with one attached hydrogen (secondary N) is 1. The highest BCUT2D eigenvalue weighted by molar-refractivity contribution is 9.10. The minimum Gasteiger partial charge on any atom is -0.484 e. The summed E-state index contributed by atoms with van der Waals surface area (Å²) in [7, 11) is 0. The molecule has 1 amide bonds. The molecular formula is C12H15BrFNO2. The van der Waals surface area contributed by atoms with Gasteiger partial charge in [-0.1, -0.05) is 6.92 Å². The fourth-order valence-electron chi connectivity index (χ4n) is 1.13. The van der Waals surface area contributed by atoms with Crippen molar-refractivity contribution in [2.45, 2.75) is 26.3 Å². The van der Waals surface area contributed by atoms with Crippen molar-refractivity contribution in [2.24, 2.45) is 0 Å². The lowest BCUT2D eigenvalue weighted by Gasteiger charge is -2.12. The van der Waals surface area contributed by atoms with Gasteiger partial charge in [0.05, 0.1) is 4.47 Å². The molecule has 0 aromatic heterocycles. The lowest BCUT2D eigenvalue weighted by molar-refractivity contribution is -0.123. The second-order valence-electron chi connectivity index (χ2n) is 3.74. The normalized spacial score (nSPS) is 12.0. The summed E-state index contributed by atoms with van der Waals surface area (Å²) < 4.78 is 18.7. The number of carbonyl (C=O) groups excluding carboxylic acids is 1. The van der Waals surface area contributed by atoms with Crippen LogP contribution in [0.15, 0.2) is 22.7 Å². The molecule has 0 spiro atoms. The molecule has 17 heavy (non-hydrogen) atoms. The number of carbonyl (C=O) groups is 1. The van der Waals surface area contributed by atoms with E-state index in [1.54, 1.807) is 6.07 Å². The largest absolute Gasteiger partial charge is 0.484 e. The smallest absolute Gasteiger partial charge is 0.258 e. The van der Waals surface area contributed by atoms with Gasteiger partial charge in [-0.15, -0.1) is 0 Å². The lowest BCUT2D eigenvalue weighted by atomic mass is 10.2. The van der Waals surface area contributed by atoms with Gasteiger partial charge in [-0.3, -0.25) is 4.79 Å². The highest BCUT2D eigenvalue weighted by atomic mass is 79.9. The summed E-state index contributed by atoms with van der Waals surface area (Å²) in [6.07, 6.45) is 0.860. The molecule has 3 nitrogen and oxygen atoms in total. The van der Waals surface area contributed by atoms with Crippen LogP contribution in [-0.4, -0.2) is 18.6 Å². The standard InChI is InChI=1S/C12H15BrFNO2/c1-3-8(2)15-12(16)7-17-9-4-5-10(13)11(14)6-9/h4-6,8H,3,7H2,1-2H3,(H,15,16). The zero-order chi connectivity index (χ0) is 12.8. The highest BCUT2D eigenvalue weighted by Gasteiger charge is 2.07. The number of hydrogen-bond donors (Lipinski definition) is 1. The molecule has 1 atom stereocenters. The van der Waals surface area contributed by atoms with E-state index in [1.165, 1.54) is 12.1 Å². The summed E-state index contributed by atoms with van der Waals surface area (Å²) in [6.45, 7) is 3.79. The first-order chi connectivity index (χ1) is 8.02. The molecule has 0 aliphatic heterocycles. The van der Waals surface area contributed by atoms with Crippen molar-refractivity contribution in [3.63, 3.8) is 0 Å². The maximum Gasteiger partial charge on any atom is 0.258 e. The lowest BCUT2D eigenvalue weighted by Crippen LogP contribution is -2.35. The van der Waals surface area contributed by atoms with E-state index in [0.717, 1.165) is 6.42 Å². The van der Waals surface area contributed by atoms with E-state index in [1.807, 2.05) is 13.8 Å². The van der Waals surface area contributed by atoms with Crippen molar-refractivity contribution in [3.8, 4) is 5.75 Å². The van der Waals surface area contributed by atoms with Gasteiger partial charge in [0.25, 0.3) is 5.91 Å². The molecule has 0 heterocycles. The summed E-state index contributed by atoms with van der Waals surface area (Å²) in [6, 6.07) is 4.49. The minimum absolute atomic E-state index is 0.106. The Morgan fingerprint density at radius 1 is 1.59 bits per heavy atom. The molecule has 0 radical (unpaired) electrons. The predicted molar refractivity (Wildman–Crippen MR) is 67.5 cm³/mol. The summed E-state index contributed by atoms with van der Waals surface area (Å²) in [4.78, 5) is 11.4. The molecule has 1 rings (SSSR count). The van der Waals surface area contributed by atoms with Crippen LogP contribution in [0.2, 0.25) is 0 Å². The van der Waals surface area contributed by atoms with Crippen LogP contribution in [-0.2, 0) is 4.79 Å². The number of amides is 1. The molecule has 0 aliphatic carbocycles. The Kier molecular flexibility index (Phi) is 5.41. The molecule has 5 heteroatoms. The van der Waals surface area contributed by atoms with Gasteiger partial charge in [-0.2, -0.15) is 0 Å². The Morgan fingerprint density at radius 3 is 2.88 bits per heavy atom. The molecule has 0 saturated heterocycles. The predicted octanol–water partition coefficient (Wildman–Crippen LogP) is 2.88. The quantitative estimate of drug-likeness (QED) is 0.908. The van der Waals surface area contributed by atoms with Crippen molar-refractivity contribution in [1.29, 1.82) is 0 Å². The van der Waals surface area contributed by atoms with Crippen LogP contribution >= 0.6 is 15.9 Å². The van der Waals surface area contributed by atoms with Crippen LogP contribution in [0.3, 0.4) is 0 Å². The molecule has 1 unspecified atom stereocenters. The first-order valence-corrected chi connectivity index (χ1v) is 6.19. The molecule has 0 saturated carbocycles. The molecule has 0 aliphatic rings. The maximum absolute atomic E-state index is 13.1. The van der Waals surface area contributed by atoms with Crippen LogP contribution in [0.5, 0.6) is 5.75 Å². The Morgan fingerprint density at radius 2 is 2.29 bits per heavy atom. The third kappa shape index (κ3) is 4.73. The van der Waals surface area contributed by atoms with E-state index in [-0.39, 0.29) is 18.6 Å². The summed E-state index contributed by atoms with van der Waals surface area (Å²) >= 11 is 3.04. The minimum atomic E-state index is -0.412. The molecule has 0 bridgehead atoms. The summed E-state index contributed by atoms with van der Waals surface area (Å²) in [5.74, 6) is -0.280. The molecular weight excluding hydrogens is 289 g/mol. The van der Waals surface area contributed by atoms with Gasteiger partial charge in [0.1, 0.15) is 11.6 Å². The van der Waals surface area contributed by atoms with Crippen LogP contribution in [0.4, 0.5) is 4.39 Å². The third-order valence-electron chi connectivity index (χ3n) is 2.28. The monoisotopic (exact) mass is 303 g/mol. The first-order valence-electron chi connectivity index (χ1n) is 5.40. The molecule has 0 fully saturated rings. The Hall–Kier alpha value is -1.10. The average Bonchev–Trinajstić information content (AvgIpc) is 2.30. The van der Waals surface area contributed by atoms with Gasteiger partial charge in [-0.05, 0) is 41.4 Å². The summed E-state index contributed by atoms with van der Waals surface area (Å²) in [5, 5.41) is 2.76. The molecule has 1 aromatic rings. The van der Waals surface area contributed by atoms with E-state index in [0.29, 0.717) is 10.2 Å². The van der Waals surface area contributed by atoms with Gasteiger partial charge >= 0.3 is 0 Å². The molecule has 94 valence electrons.